The highest BCUT2D eigenvalue weighted by molar-refractivity contribution is 9.10. The molecule has 1 aliphatic heterocycles. The van der Waals surface area contributed by atoms with E-state index in [9.17, 15) is 5.11 Å². The standard InChI is InChI=1S/C14H24BrN3O2/c1-4-10-14(15)11(18(5-2)16-10)8-12(19)13-9-17(3)6-7-20-13/h12-13,19H,4-9H2,1-3H3. The summed E-state index contributed by atoms with van der Waals surface area (Å²) in [6, 6.07) is 0. The Morgan fingerprint density at radius 2 is 2.25 bits per heavy atom. The van der Waals surface area contributed by atoms with Gasteiger partial charge in [-0.25, -0.2) is 0 Å². The SMILES string of the molecule is CCc1nn(CC)c(CC(O)C2CN(C)CCO2)c1Br. The maximum atomic E-state index is 10.5. The molecule has 0 aliphatic carbocycles. The van der Waals surface area contributed by atoms with E-state index in [1.807, 2.05) is 4.68 Å². The van der Waals surface area contributed by atoms with E-state index in [1.54, 1.807) is 0 Å². The van der Waals surface area contributed by atoms with Crippen molar-refractivity contribution in [3.05, 3.63) is 15.9 Å². The van der Waals surface area contributed by atoms with E-state index in [2.05, 4.69) is 46.8 Å². The van der Waals surface area contributed by atoms with Gasteiger partial charge in [-0.1, -0.05) is 6.92 Å². The molecule has 6 heteroatoms. The van der Waals surface area contributed by atoms with Gasteiger partial charge in [-0.05, 0) is 36.3 Å². The summed E-state index contributed by atoms with van der Waals surface area (Å²) >= 11 is 3.62. The van der Waals surface area contributed by atoms with Gasteiger partial charge in [0.2, 0.25) is 0 Å². The zero-order valence-corrected chi connectivity index (χ0v) is 14.1. The number of rotatable bonds is 5. The third-order valence-electron chi connectivity index (χ3n) is 3.82. The zero-order valence-electron chi connectivity index (χ0n) is 12.5. The quantitative estimate of drug-likeness (QED) is 0.877. The van der Waals surface area contributed by atoms with Crippen molar-refractivity contribution >= 4 is 15.9 Å². The highest BCUT2D eigenvalue weighted by atomic mass is 79.9. The number of halogens is 1. The molecular formula is C14H24BrN3O2. The highest BCUT2D eigenvalue weighted by Crippen LogP contribution is 2.24. The molecule has 0 spiro atoms. The molecule has 2 atom stereocenters. The molecule has 2 heterocycles. The summed E-state index contributed by atoms with van der Waals surface area (Å²) in [7, 11) is 2.06. The lowest BCUT2D eigenvalue weighted by molar-refractivity contribution is -0.0828. The minimum atomic E-state index is -0.499. The molecule has 5 nitrogen and oxygen atoms in total. The molecule has 1 aromatic rings. The van der Waals surface area contributed by atoms with Gasteiger partial charge in [-0.2, -0.15) is 5.10 Å². The third kappa shape index (κ3) is 3.42. The van der Waals surface area contributed by atoms with Crippen LogP contribution < -0.4 is 0 Å². The summed E-state index contributed by atoms with van der Waals surface area (Å²) in [5.41, 5.74) is 2.12. The van der Waals surface area contributed by atoms with Gasteiger partial charge >= 0.3 is 0 Å². The molecular weight excluding hydrogens is 322 g/mol. The molecule has 1 saturated heterocycles. The van der Waals surface area contributed by atoms with Crippen molar-refractivity contribution in [1.29, 1.82) is 0 Å². The summed E-state index contributed by atoms with van der Waals surface area (Å²) in [5, 5.41) is 15.0. The molecule has 1 aromatic heterocycles. The van der Waals surface area contributed by atoms with Gasteiger partial charge in [0.05, 0.1) is 34.7 Å². The van der Waals surface area contributed by atoms with E-state index in [0.29, 0.717) is 13.0 Å². The first-order chi connectivity index (χ1) is 9.56. The summed E-state index contributed by atoms with van der Waals surface area (Å²) in [5.74, 6) is 0. The highest BCUT2D eigenvalue weighted by Gasteiger charge is 2.27. The molecule has 2 rings (SSSR count). The summed E-state index contributed by atoms with van der Waals surface area (Å²) in [6.07, 6.45) is 0.839. The van der Waals surface area contributed by atoms with Crippen LogP contribution in [0.3, 0.4) is 0 Å². The van der Waals surface area contributed by atoms with Crippen LogP contribution in [0.25, 0.3) is 0 Å². The molecule has 0 aromatic carbocycles. The molecule has 2 unspecified atom stereocenters. The average molecular weight is 346 g/mol. The van der Waals surface area contributed by atoms with Gasteiger partial charge in [-0.15, -0.1) is 0 Å². The molecule has 20 heavy (non-hydrogen) atoms. The van der Waals surface area contributed by atoms with Crippen LogP contribution in [0.2, 0.25) is 0 Å². The zero-order chi connectivity index (χ0) is 14.7. The summed E-state index contributed by atoms with van der Waals surface area (Å²) in [6.45, 7) is 7.37. The van der Waals surface area contributed by atoms with Crippen molar-refractivity contribution in [2.75, 3.05) is 26.7 Å². The van der Waals surface area contributed by atoms with Gasteiger partial charge in [0.1, 0.15) is 0 Å². The Balaban J connectivity index is 2.10. The van der Waals surface area contributed by atoms with Crippen LogP contribution in [0, 0.1) is 0 Å². The summed E-state index contributed by atoms with van der Waals surface area (Å²) in [4.78, 5) is 2.20. The van der Waals surface area contributed by atoms with E-state index in [0.717, 1.165) is 41.9 Å². The molecule has 0 bridgehead atoms. The molecule has 0 saturated carbocycles. The predicted octanol–water partition coefficient (Wildman–Crippen LogP) is 1.46. The second-order valence-electron chi connectivity index (χ2n) is 5.32. The normalized spacial score (nSPS) is 22.1. The number of likely N-dealkylation sites (N-methyl/N-ethyl adjacent to an activating group) is 1. The number of hydrogen-bond acceptors (Lipinski definition) is 4. The van der Waals surface area contributed by atoms with Crippen LogP contribution in [-0.2, 0) is 24.1 Å². The van der Waals surface area contributed by atoms with Crippen LogP contribution in [0.4, 0.5) is 0 Å². The Labute approximate surface area is 129 Å². The second kappa shape index (κ2) is 7.02. The minimum absolute atomic E-state index is 0.120. The number of hydrogen-bond donors (Lipinski definition) is 1. The fourth-order valence-electron chi connectivity index (χ4n) is 2.59. The Morgan fingerprint density at radius 3 is 2.85 bits per heavy atom. The van der Waals surface area contributed by atoms with E-state index < -0.39 is 6.10 Å². The Morgan fingerprint density at radius 1 is 1.50 bits per heavy atom. The number of aromatic nitrogens is 2. The Bertz CT molecular complexity index is 450. The molecule has 1 aliphatic rings. The fraction of sp³-hybridized carbons (Fsp3) is 0.786. The number of aliphatic hydroxyl groups is 1. The summed E-state index contributed by atoms with van der Waals surface area (Å²) < 4.78 is 8.70. The second-order valence-corrected chi connectivity index (χ2v) is 6.11. The first kappa shape index (κ1) is 15.9. The van der Waals surface area contributed by atoms with Crippen LogP contribution >= 0.6 is 15.9 Å². The first-order valence-corrected chi connectivity index (χ1v) is 8.08. The van der Waals surface area contributed by atoms with Crippen molar-refractivity contribution in [3.8, 4) is 0 Å². The topological polar surface area (TPSA) is 50.5 Å². The lowest BCUT2D eigenvalue weighted by Crippen LogP contribution is -2.46. The lowest BCUT2D eigenvalue weighted by atomic mass is 10.1. The number of ether oxygens (including phenoxy) is 1. The van der Waals surface area contributed by atoms with E-state index >= 15 is 0 Å². The Kier molecular flexibility index (Phi) is 5.60. The lowest BCUT2D eigenvalue weighted by Gasteiger charge is -2.33. The first-order valence-electron chi connectivity index (χ1n) is 7.29. The van der Waals surface area contributed by atoms with E-state index in [4.69, 9.17) is 4.74 Å². The molecule has 114 valence electrons. The third-order valence-corrected chi connectivity index (χ3v) is 4.74. The van der Waals surface area contributed by atoms with Crippen LogP contribution in [-0.4, -0.2) is 58.7 Å². The molecule has 0 amide bonds. The predicted molar refractivity (Wildman–Crippen MR) is 81.9 cm³/mol. The monoisotopic (exact) mass is 345 g/mol. The van der Waals surface area contributed by atoms with Crippen LogP contribution in [0.1, 0.15) is 25.2 Å². The number of morpholine rings is 1. The van der Waals surface area contributed by atoms with Gasteiger partial charge in [0.25, 0.3) is 0 Å². The van der Waals surface area contributed by atoms with Crippen molar-refractivity contribution in [2.45, 2.75) is 45.4 Å². The number of nitrogens with zero attached hydrogens (tertiary/aromatic N) is 3. The minimum Gasteiger partial charge on any atom is -0.390 e. The van der Waals surface area contributed by atoms with Crippen molar-refractivity contribution in [1.82, 2.24) is 14.7 Å². The number of aryl methyl sites for hydroxylation is 2. The molecule has 1 N–H and O–H groups in total. The average Bonchev–Trinajstić information content (AvgIpc) is 2.75. The van der Waals surface area contributed by atoms with Gasteiger partial charge in [0, 0.05) is 26.1 Å². The van der Waals surface area contributed by atoms with Gasteiger partial charge in [-0.3, -0.25) is 4.68 Å². The van der Waals surface area contributed by atoms with E-state index in [1.165, 1.54) is 0 Å². The Hall–Kier alpha value is -0.430. The van der Waals surface area contributed by atoms with Crippen molar-refractivity contribution in [2.24, 2.45) is 0 Å². The molecule has 0 radical (unpaired) electrons. The maximum absolute atomic E-state index is 10.5. The van der Waals surface area contributed by atoms with Crippen molar-refractivity contribution < 1.29 is 9.84 Å². The van der Waals surface area contributed by atoms with Crippen LogP contribution in [0.15, 0.2) is 4.47 Å². The number of aliphatic hydroxyl groups excluding tert-OH is 1. The van der Waals surface area contributed by atoms with Crippen molar-refractivity contribution in [3.63, 3.8) is 0 Å². The maximum Gasteiger partial charge on any atom is 0.0964 e. The van der Waals surface area contributed by atoms with E-state index in [-0.39, 0.29) is 6.10 Å². The van der Waals surface area contributed by atoms with Gasteiger partial charge < -0.3 is 14.7 Å². The largest absolute Gasteiger partial charge is 0.390 e. The smallest absolute Gasteiger partial charge is 0.0964 e. The van der Waals surface area contributed by atoms with Crippen LogP contribution in [0.5, 0.6) is 0 Å². The fourth-order valence-corrected chi connectivity index (χ4v) is 3.31. The van der Waals surface area contributed by atoms with Gasteiger partial charge in [0.15, 0.2) is 0 Å². The molecule has 1 fully saturated rings.